The van der Waals surface area contributed by atoms with Crippen LogP contribution in [0.1, 0.15) is 74.4 Å². The number of carbonyl (C=O) groups is 2. The van der Waals surface area contributed by atoms with Gasteiger partial charge < -0.3 is 14.2 Å². The molecule has 5 heteroatoms. The Labute approximate surface area is 174 Å². The van der Waals surface area contributed by atoms with Crippen LogP contribution in [-0.2, 0) is 16.0 Å². The molecule has 0 saturated heterocycles. The van der Waals surface area contributed by atoms with Crippen LogP contribution < -0.4 is 9.47 Å². The molecule has 2 rings (SSSR count). The zero-order chi connectivity index (χ0) is 22.0. The standard InChI is InChI=1S/C24H32O5/c1-9-23(4,5)11-10-12-24(22(26)29-8)14-18-17(21(24)25)13-16(15(2)3)19(27-6)20(18)28-7/h1,13,15H,10-12,14H2,2-8H3. The average Bonchev–Trinajstić information content (AvgIpc) is 2.98. The maximum Gasteiger partial charge on any atom is 0.320 e. The van der Waals surface area contributed by atoms with E-state index in [0.29, 0.717) is 41.9 Å². The van der Waals surface area contributed by atoms with E-state index in [4.69, 9.17) is 20.6 Å². The molecule has 1 aliphatic rings. The largest absolute Gasteiger partial charge is 0.493 e. The summed E-state index contributed by atoms with van der Waals surface area (Å²) in [5, 5.41) is 0. The van der Waals surface area contributed by atoms with Crippen LogP contribution in [0.25, 0.3) is 0 Å². The van der Waals surface area contributed by atoms with Gasteiger partial charge in [0.1, 0.15) is 5.41 Å². The first-order chi connectivity index (χ1) is 13.6. The molecular formula is C24H32O5. The maximum atomic E-state index is 13.5. The van der Waals surface area contributed by atoms with Crippen molar-refractivity contribution in [1.29, 1.82) is 0 Å². The highest BCUT2D eigenvalue weighted by Crippen LogP contribution is 2.50. The number of hydrogen-bond donors (Lipinski definition) is 0. The van der Waals surface area contributed by atoms with E-state index in [1.165, 1.54) is 7.11 Å². The minimum absolute atomic E-state index is 0.126. The number of ketones is 1. The van der Waals surface area contributed by atoms with Gasteiger partial charge in [0.05, 0.1) is 21.3 Å². The van der Waals surface area contributed by atoms with Crippen LogP contribution in [0.3, 0.4) is 0 Å². The normalized spacial score (nSPS) is 18.4. The van der Waals surface area contributed by atoms with Crippen molar-refractivity contribution in [3.8, 4) is 23.8 Å². The van der Waals surface area contributed by atoms with Crippen LogP contribution in [0.4, 0.5) is 0 Å². The zero-order valence-corrected chi connectivity index (χ0v) is 18.6. The summed E-state index contributed by atoms with van der Waals surface area (Å²) in [6, 6.07) is 1.85. The predicted molar refractivity (Wildman–Crippen MR) is 113 cm³/mol. The Morgan fingerprint density at radius 2 is 1.86 bits per heavy atom. The molecular weight excluding hydrogens is 368 g/mol. The van der Waals surface area contributed by atoms with E-state index in [1.54, 1.807) is 14.2 Å². The fourth-order valence-corrected chi connectivity index (χ4v) is 4.14. The van der Waals surface area contributed by atoms with E-state index in [0.717, 1.165) is 5.56 Å². The highest BCUT2D eigenvalue weighted by Gasteiger charge is 2.53. The Morgan fingerprint density at radius 3 is 2.34 bits per heavy atom. The van der Waals surface area contributed by atoms with Crippen LogP contribution in [0, 0.1) is 23.2 Å². The van der Waals surface area contributed by atoms with Gasteiger partial charge in [-0.05, 0) is 38.7 Å². The number of terminal acetylenes is 1. The quantitative estimate of drug-likeness (QED) is 0.364. The van der Waals surface area contributed by atoms with Gasteiger partial charge in [0.15, 0.2) is 17.3 Å². The molecule has 0 amide bonds. The molecule has 0 aliphatic heterocycles. The van der Waals surface area contributed by atoms with Gasteiger partial charge >= 0.3 is 5.97 Å². The lowest BCUT2D eigenvalue weighted by Gasteiger charge is -2.26. The van der Waals surface area contributed by atoms with Gasteiger partial charge in [0.25, 0.3) is 0 Å². The lowest BCUT2D eigenvalue weighted by atomic mass is 9.76. The summed E-state index contributed by atoms with van der Waals surface area (Å²) in [4.78, 5) is 26.4. The number of fused-ring (bicyclic) bond motifs is 1. The van der Waals surface area contributed by atoms with Crippen LogP contribution in [0.2, 0.25) is 0 Å². The predicted octanol–water partition coefficient (Wildman–Crippen LogP) is 4.56. The molecule has 1 aromatic rings. The van der Waals surface area contributed by atoms with Crippen LogP contribution in [0.15, 0.2) is 6.07 Å². The molecule has 158 valence electrons. The third kappa shape index (κ3) is 3.99. The van der Waals surface area contributed by atoms with Gasteiger partial charge in [-0.2, -0.15) is 0 Å². The number of hydrogen-bond acceptors (Lipinski definition) is 5. The molecule has 0 saturated carbocycles. The number of methoxy groups -OCH3 is 3. The molecule has 0 fully saturated rings. The SMILES string of the molecule is C#CC(C)(C)CCCC1(C(=O)OC)Cc2c(cc(C(C)C)c(OC)c2OC)C1=O. The number of benzene rings is 1. The van der Waals surface area contributed by atoms with E-state index in [2.05, 4.69) is 5.92 Å². The molecule has 0 aromatic heterocycles. The van der Waals surface area contributed by atoms with E-state index in [1.807, 2.05) is 33.8 Å². The molecule has 29 heavy (non-hydrogen) atoms. The third-order valence-corrected chi connectivity index (χ3v) is 5.93. The second kappa shape index (κ2) is 8.49. The molecule has 1 atom stereocenters. The van der Waals surface area contributed by atoms with Gasteiger partial charge in [-0.25, -0.2) is 0 Å². The lowest BCUT2D eigenvalue weighted by Crippen LogP contribution is -2.38. The molecule has 1 aromatic carbocycles. The van der Waals surface area contributed by atoms with E-state index < -0.39 is 11.4 Å². The molecule has 1 aliphatic carbocycles. The topological polar surface area (TPSA) is 61.8 Å². The monoisotopic (exact) mass is 400 g/mol. The van der Waals surface area contributed by atoms with Gasteiger partial charge in [0.2, 0.25) is 0 Å². The molecule has 0 heterocycles. The summed E-state index contributed by atoms with van der Waals surface area (Å²) in [6.07, 6.45) is 7.56. The van der Waals surface area contributed by atoms with Gasteiger partial charge in [-0.3, -0.25) is 9.59 Å². The first-order valence-corrected chi connectivity index (χ1v) is 9.97. The fourth-order valence-electron chi connectivity index (χ4n) is 4.14. The summed E-state index contributed by atoms with van der Waals surface area (Å²) in [5.74, 6) is 3.31. The summed E-state index contributed by atoms with van der Waals surface area (Å²) >= 11 is 0. The molecule has 5 nitrogen and oxygen atoms in total. The summed E-state index contributed by atoms with van der Waals surface area (Å²) in [6.45, 7) is 8.01. The van der Waals surface area contributed by atoms with Crippen molar-refractivity contribution in [2.45, 2.75) is 59.3 Å². The second-order valence-electron chi connectivity index (χ2n) is 8.67. The third-order valence-electron chi connectivity index (χ3n) is 5.93. The Bertz CT molecular complexity index is 844. The van der Waals surface area contributed by atoms with Crippen molar-refractivity contribution in [2.75, 3.05) is 21.3 Å². The first-order valence-electron chi connectivity index (χ1n) is 9.97. The number of rotatable bonds is 8. The molecule has 0 radical (unpaired) electrons. The highest BCUT2D eigenvalue weighted by molar-refractivity contribution is 6.16. The Hall–Kier alpha value is -2.48. The van der Waals surface area contributed by atoms with E-state index >= 15 is 0 Å². The lowest BCUT2D eigenvalue weighted by molar-refractivity contribution is -0.149. The Morgan fingerprint density at radius 1 is 1.24 bits per heavy atom. The molecule has 0 bridgehead atoms. The minimum atomic E-state index is -1.25. The summed E-state index contributed by atoms with van der Waals surface area (Å²) in [5.41, 5.74) is 0.562. The minimum Gasteiger partial charge on any atom is -0.493 e. The molecule has 0 N–H and O–H groups in total. The summed E-state index contributed by atoms with van der Waals surface area (Å²) < 4.78 is 16.3. The van der Waals surface area contributed by atoms with Crippen molar-refractivity contribution in [3.63, 3.8) is 0 Å². The van der Waals surface area contributed by atoms with E-state index in [-0.39, 0.29) is 23.5 Å². The highest BCUT2D eigenvalue weighted by atomic mass is 16.5. The Kier molecular flexibility index (Phi) is 6.67. The average molecular weight is 401 g/mol. The van der Waals surface area contributed by atoms with Gasteiger partial charge in [-0.1, -0.05) is 20.3 Å². The van der Waals surface area contributed by atoms with Crippen molar-refractivity contribution < 1.29 is 23.8 Å². The van der Waals surface area contributed by atoms with Gasteiger partial charge in [-0.15, -0.1) is 12.3 Å². The van der Waals surface area contributed by atoms with Crippen molar-refractivity contribution in [2.24, 2.45) is 10.8 Å². The summed E-state index contributed by atoms with van der Waals surface area (Å²) in [7, 11) is 4.46. The number of ether oxygens (including phenoxy) is 3. The van der Waals surface area contributed by atoms with Crippen molar-refractivity contribution >= 4 is 11.8 Å². The van der Waals surface area contributed by atoms with Crippen LogP contribution >= 0.6 is 0 Å². The van der Waals surface area contributed by atoms with Gasteiger partial charge in [0, 0.05) is 28.5 Å². The number of carbonyl (C=O) groups excluding carboxylic acids is 2. The number of esters is 1. The number of Topliss-reactive ketones (excluding diaryl/α,β-unsaturated/α-hetero) is 1. The molecule has 0 spiro atoms. The maximum absolute atomic E-state index is 13.5. The fraction of sp³-hybridized carbons (Fsp3) is 0.583. The van der Waals surface area contributed by atoms with Crippen LogP contribution in [-0.4, -0.2) is 33.1 Å². The van der Waals surface area contributed by atoms with E-state index in [9.17, 15) is 9.59 Å². The second-order valence-corrected chi connectivity index (χ2v) is 8.67. The first kappa shape index (κ1) is 22.8. The Balaban J connectivity index is 2.55. The van der Waals surface area contributed by atoms with Crippen molar-refractivity contribution in [1.82, 2.24) is 0 Å². The van der Waals surface area contributed by atoms with Crippen molar-refractivity contribution in [3.05, 3.63) is 22.8 Å². The smallest absolute Gasteiger partial charge is 0.320 e. The zero-order valence-electron chi connectivity index (χ0n) is 18.6. The molecule has 1 unspecified atom stereocenters. The van der Waals surface area contributed by atoms with Crippen LogP contribution in [0.5, 0.6) is 11.5 Å².